The van der Waals surface area contributed by atoms with Gasteiger partial charge >= 0.3 is 0 Å². The summed E-state index contributed by atoms with van der Waals surface area (Å²) in [7, 11) is 0. The quantitative estimate of drug-likeness (QED) is 0.565. The van der Waals surface area contributed by atoms with Crippen molar-refractivity contribution in [2.24, 2.45) is 5.92 Å². The molecule has 0 bridgehead atoms. The molecular formula is C8H13F3. The molecule has 3 heteroatoms. The zero-order valence-electron chi connectivity index (χ0n) is 7.00. The Morgan fingerprint density at radius 3 is 1.73 bits per heavy atom. The van der Waals surface area contributed by atoms with Crippen LogP contribution in [0.5, 0.6) is 0 Å². The molecule has 0 saturated carbocycles. The lowest BCUT2D eigenvalue weighted by molar-refractivity contribution is -0.137. The van der Waals surface area contributed by atoms with Gasteiger partial charge in [-0.1, -0.05) is 20.4 Å². The fourth-order valence-electron chi connectivity index (χ4n) is 0.701. The molecule has 0 aromatic rings. The van der Waals surface area contributed by atoms with Crippen LogP contribution in [0.4, 0.5) is 13.2 Å². The van der Waals surface area contributed by atoms with E-state index >= 15 is 0 Å². The third-order valence-corrected chi connectivity index (χ3v) is 1.76. The zero-order valence-corrected chi connectivity index (χ0v) is 7.00. The Balaban J connectivity index is 4.66. The normalized spacial score (nSPS) is 18.1. The highest BCUT2D eigenvalue weighted by atomic mass is 19.3. The van der Waals surface area contributed by atoms with Crippen LogP contribution in [0.15, 0.2) is 12.7 Å². The van der Waals surface area contributed by atoms with E-state index in [0.29, 0.717) is 6.08 Å². The minimum Gasteiger partial charge on any atom is -0.233 e. The summed E-state index contributed by atoms with van der Waals surface area (Å²) >= 11 is 0. The SMILES string of the molecule is C=CC(C)(F)C(F)(F)C(C)C. The van der Waals surface area contributed by atoms with Gasteiger partial charge in [0.15, 0.2) is 5.67 Å². The van der Waals surface area contributed by atoms with Crippen LogP contribution >= 0.6 is 0 Å². The van der Waals surface area contributed by atoms with Crippen LogP contribution in [-0.2, 0) is 0 Å². The van der Waals surface area contributed by atoms with Gasteiger partial charge in [-0.15, -0.1) is 0 Å². The van der Waals surface area contributed by atoms with Crippen molar-refractivity contribution in [1.29, 1.82) is 0 Å². The predicted octanol–water partition coefficient (Wildman–Crippen LogP) is 3.19. The highest BCUT2D eigenvalue weighted by Gasteiger charge is 2.51. The standard InChI is InChI=1S/C8H13F3/c1-5-7(4,9)8(10,11)6(2)3/h5-6H,1H2,2-4H3. The minimum atomic E-state index is -3.34. The summed E-state index contributed by atoms with van der Waals surface area (Å²) < 4.78 is 38.7. The van der Waals surface area contributed by atoms with E-state index in [9.17, 15) is 13.2 Å². The van der Waals surface area contributed by atoms with E-state index < -0.39 is 17.5 Å². The molecular weight excluding hydrogens is 153 g/mol. The van der Waals surface area contributed by atoms with Gasteiger partial charge in [-0.25, -0.2) is 13.2 Å². The maximum Gasteiger partial charge on any atom is 0.286 e. The van der Waals surface area contributed by atoms with Crippen molar-refractivity contribution in [2.75, 3.05) is 0 Å². The van der Waals surface area contributed by atoms with Crippen molar-refractivity contribution in [1.82, 2.24) is 0 Å². The monoisotopic (exact) mass is 166 g/mol. The zero-order chi connectivity index (χ0) is 9.28. The molecule has 0 aliphatic rings. The van der Waals surface area contributed by atoms with Crippen LogP contribution in [0.1, 0.15) is 20.8 Å². The first-order valence-electron chi connectivity index (χ1n) is 3.46. The molecule has 0 saturated heterocycles. The average Bonchev–Trinajstić information content (AvgIpc) is 1.87. The summed E-state index contributed by atoms with van der Waals surface area (Å²) in [5.74, 6) is -4.36. The van der Waals surface area contributed by atoms with E-state index in [1.165, 1.54) is 13.8 Å². The fourth-order valence-corrected chi connectivity index (χ4v) is 0.701. The van der Waals surface area contributed by atoms with Gasteiger partial charge in [-0.05, 0) is 13.0 Å². The molecule has 66 valence electrons. The second-order valence-corrected chi connectivity index (χ2v) is 3.06. The number of rotatable bonds is 3. The lowest BCUT2D eigenvalue weighted by Gasteiger charge is -2.30. The third kappa shape index (κ3) is 1.76. The van der Waals surface area contributed by atoms with E-state index in [1.54, 1.807) is 0 Å². The molecule has 0 nitrogen and oxygen atoms in total. The van der Waals surface area contributed by atoms with Crippen LogP contribution in [0.25, 0.3) is 0 Å². The Hall–Kier alpha value is -0.470. The van der Waals surface area contributed by atoms with Crippen molar-refractivity contribution >= 4 is 0 Å². The van der Waals surface area contributed by atoms with E-state index in [-0.39, 0.29) is 0 Å². The highest BCUT2D eigenvalue weighted by molar-refractivity contribution is 5.04. The van der Waals surface area contributed by atoms with Crippen molar-refractivity contribution in [3.05, 3.63) is 12.7 Å². The van der Waals surface area contributed by atoms with Gasteiger partial charge in [0.25, 0.3) is 5.92 Å². The lowest BCUT2D eigenvalue weighted by Crippen LogP contribution is -2.43. The number of hydrogen-bond donors (Lipinski definition) is 0. The first-order valence-corrected chi connectivity index (χ1v) is 3.46. The largest absolute Gasteiger partial charge is 0.286 e. The molecule has 0 N–H and O–H groups in total. The molecule has 0 heterocycles. The van der Waals surface area contributed by atoms with Crippen LogP contribution in [0.2, 0.25) is 0 Å². The summed E-state index contributed by atoms with van der Waals surface area (Å²) in [6, 6.07) is 0. The Kier molecular flexibility index (Phi) is 2.75. The van der Waals surface area contributed by atoms with Gasteiger partial charge in [0.05, 0.1) is 0 Å². The number of halogens is 3. The number of allylic oxidation sites excluding steroid dienone is 1. The van der Waals surface area contributed by atoms with Crippen molar-refractivity contribution in [2.45, 2.75) is 32.4 Å². The molecule has 1 unspecified atom stereocenters. The molecule has 0 fully saturated rings. The van der Waals surface area contributed by atoms with E-state index in [1.807, 2.05) is 0 Å². The second-order valence-electron chi connectivity index (χ2n) is 3.06. The molecule has 11 heavy (non-hydrogen) atoms. The van der Waals surface area contributed by atoms with Crippen LogP contribution in [0.3, 0.4) is 0 Å². The molecule has 0 amide bonds. The molecule has 0 aromatic heterocycles. The summed E-state index contributed by atoms with van der Waals surface area (Å²) in [5, 5.41) is 0. The first kappa shape index (κ1) is 10.5. The molecule has 0 radical (unpaired) electrons. The van der Waals surface area contributed by atoms with Gasteiger partial charge in [0.2, 0.25) is 0 Å². The predicted molar refractivity (Wildman–Crippen MR) is 39.5 cm³/mol. The van der Waals surface area contributed by atoms with E-state index in [2.05, 4.69) is 6.58 Å². The van der Waals surface area contributed by atoms with Gasteiger partial charge in [-0.2, -0.15) is 0 Å². The summed E-state index contributed by atoms with van der Waals surface area (Å²) in [4.78, 5) is 0. The molecule has 1 atom stereocenters. The Bertz CT molecular complexity index is 147. The fraction of sp³-hybridized carbons (Fsp3) is 0.750. The van der Waals surface area contributed by atoms with E-state index in [0.717, 1.165) is 6.92 Å². The van der Waals surface area contributed by atoms with Gasteiger partial charge in [-0.3, -0.25) is 0 Å². The third-order valence-electron chi connectivity index (χ3n) is 1.76. The van der Waals surface area contributed by atoms with E-state index in [4.69, 9.17) is 0 Å². The smallest absolute Gasteiger partial charge is 0.233 e. The van der Waals surface area contributed by atoms with Crippen molar-refractivity contribution in [3.8, 4) is 0 Å². The molecule has 0 spiro atoms. The number of alkyl halides is 3. The molecule has 0 aromatic carbocycles. The van der Waals surface area contributed by atoms with Crippen molar-refractivity contribution in [3.63, 3.8) is 0 Å². The molecule has 0 aliphatic carbocycles. The van der Waals surface area contributed by atoms with Crippen LogP contribution < -0.4 is 0 Å². The first-order chi connectivity index (χ1) is 4.75. The number of hydrogen-bond acceptors (Lipinski definition) is 0. The Morgan fingerprint density at radius 1 is 1.27 bits per heavy atom. The maximum absolute atomic E-state index is 13.0. The summed E-state index contributed by atoms with van der Waals surface area (Å²) in [6.07, 6.45) is 0.646. The minimum absolute atomic E-state index is 0.646. The lowest BCUT2D eigenvalue weighted by atomic mass is 9.91. The summed E-state index contributed by atoms with van der Waals surface area (Å²) in [5.41, 5.74) is -2.61. The van der Waals surface area contributed by atoms with Gasteiger partial charge in [0.1, 0.15) is 0 Å². The molecule has 0 aliphatic heterocycles. The van der Waals surface area contributed by atoms with Crippen molar-refractivity contribution < 1.29 is 13.2 Å². The van der Waals surface area contributed by atoms with Gasteiger partial charge < -0.3 is 0 Å². The Morgan fingerprint density at radius 2 is 1.64 bits per heavy atom. The highest BCUT2D eigenvalue weighted by Crippen LogP contribution is 2.38. The molecule has 0 rings (SSSR count). The maximum atomic E-state index is 13.0. The topological polar surface area (TPSA) is 0 Å². The van der Waals surface area contributed by atoms with Crippen LogP contribution in [0, 0.1) is 5.92 Å². The van der Waals surface area contributed by atoms with Gasteiger partial charge in [0, 0.05) is 5.92 Å². The Labute approximate surface area is 65.1 Å². The average molecular weight is 166 g/mol. The summed E-state index contributed by atoms with van der Waals surface area (Å²) in [6.45, 7) is 6.42. The van der Waals surface area contributed by atoms with Crippen LogP contribution in [-0.4, -0.2) is 11.6 Å². The second kappa shape index (κ2) is 2.88.